The van der Waals surface area contributed by atoms with E-state index in [2.05, 4.69) is 15.6 Å². The highest BCUT2D eigenvalue weighted by atomic mass is 32.1. The molecule has 0 unspecified atom stereocenters. The number of anilines is 1. The molecule has 1 amide bonds. The first-order chi connectivity index (χ1) is 14.1. The first-order valence-corrected chi connectivity index (χ1v) is 9.92. The minimum absolute atomic E-state index is 0.0605. The normalized spacial score (nSPS) is 18.5. The molecule has 2 aromatic heterocycles. The van der Waals surface area contributed by atoms with Crippen molar-refractivity contribution in [2.75, 3.05) is 11.9 Å². The zero-order valence-corrected chi connectivity index (χ0v) is 16.9. The first-order valence-electron chi connectivity index (χ1n) is 9.51. The lowest BCUT2D eigenvalue weighted by molar-refractivity contribution is -0.116. The zero-order valence-electron chi connectivity index (χ0n) is 16.0. The molecular weight excluding hydrogens is 384 g/mol. The second-order valence-electron chi connectivity index (χ2n) is 6.93. The molecule has 0 saturated carbocycles. The number of para-hydroxylation sites is 1. The molecule has 4 rings (SSSR count). The topological polar surface area (TPSA) is 70.4 Å². The summed E-state index contributed by atoms with van der Waals surface area (Å²) in [4.78, 5) is 18.9. The Morgan fingerprint density at radius 3 is 2.66 bits per heavy atom. The quantitative estimate of drug-likeness (QED) is 0.604. The van der Waals surface area contributed by atoms with E-state index in [1.54, 1.807) is 6.20 Å². The summed E-state index contributed by atoms with van der Waals surface area (Å²) in [5.41, 5.74) is 1.66. The number of furan rings is 1. The number of hydrogen-bond acceptors (Lipinski definition) is 4. The van der Waals surface area contributed by atoms with Gasteiger partial charge >= 0.3 is 0 Å². The van der Waals surface area contributed by atoms with E-state index in [4.69, 9.17) is 16.6 Å². The number of thiocarbonyl (C=S) groups is 1. The molecule has 1 aliphatic rings. The average Bonchev–Trinajstić information content (AvgIpc) is 3.30. The van der Waals surface area contributed by atoms with E-state index in [9.17, 15) is 4.79 Å². The molecule has 1 fully saturated rings. The molecule has 7 heteroatoms. The van der Waals surface area contributed by atoms with Crippen LogP contribution in [0.3, 0.4) is 0 Å². The lowest BCUT2D eigenvalue weighted by Gasteiger charge is -2.25. The van der Waals surface area contributed by atoms with Crippen molar-refractivity contribution in [3.8, 4) is 0 Å². The molecule has 1 aromatic carbocycles. The van der Waals surface area contributed by atoms with Crippen LogP contribution in [-0.4, -0.2) is 27.4 Å². The summed E-state index contributed by atoms with van der Waals surface area (Å²) in [5, 5.41) is 6.86. The number of aryl methyl sites for hydroxylation is 1. The molecule has 1 aliphatic heterocycles. The van der Waals surface area contributed by atoms with Crippen molar-refractivity contribution in [2.45, 2.75) is 25.4 Å². The zero-order chi connectivity index (χ0) is 20.2. The van der Waals surface area contributed by atoms with Gasteiger partial charge in [0.1, 0.15) is 17.6 Å². The summed E-state index contributed by atoms with van der Waals surface area (Å²) in [6, 6.07) is 18.8. The highest BCUT2D eigenvalue weighted by Crippen LogP contribution is 2.39. The Morgan fingerprint density at radius 2 is 1.97 bits per heavy atom. The summed E-state index contributed by atoms with van der Waals surface area (Å²) in [6.07, 6.45) is 2.07. The van der Waals surface area contributed by atoms with Crippen molar-refractivity contribution < 1.29 is 9.21 Å². The number of benzene rings is 1. The third-order valence-electron chi connectivity index (χ3n) is 4.89. The number of nitrogens with one attached hydrogen (secondary N) is 2. The molecule has 0 radical (unpaired) electrons. The van der Waals surface area contributed by atoms with Crippen LogP contribution < -0.4 is 10.6 Å². The predicted octanol–water partition coefficient (Wildman–Crippen LogP) is 3.98. The van der Waals surface area contributed by atoms with Gasteiger partial charge in [0.25, 0.3) is 0 Å². The molecule has 3 heterocycles. The number of amides is 1. The Morgan fingerprint density at radius 1 is 1.17 bits per heavy atom. The number of carbonyl (C=O) groups excluding carboxylic acids is 1. The predicted molar refractivity (Wildman–Crippen MR) is 115 cm³/mol. The standard InChI is InChI=1S/C22H22N4O2S/c1-15-10-11-18(28-15)21-20(17-9-5-6-13-23-17)25-22(29)26(21)14-12-19(27)24-16-7-3-2-4-8-16/h2-11,13,20-21H,12,14H2,1H3,(H,24,27)(H,25,29)/t20-,21+/m0/s1. The molecule has 1 saturated heterocycles. The Labute approximate surface area is 174 Å². The second kappa shape index (κ2) is 8.45. The van der Waals surface area contributed by atoms with Gasteiger partial charge in [-0.15, -0.1) is 0 Å². The molecule has 0 spiro atoms. The van der Waals surface area contributed by atoms with Gasteiger partial charge in [0.05, 0.1) is 11.7 Å². The molecule has 3 aromatic rings. The van der Waals surface area contributed by atoms with Crippen molar-refractivity contribution in [3.05, 3.63) is 84.1 Å². The minimum Gasteiger partial charge on any atom is -0.464 e. The largest absolute Gasteiger partial charge is 0.464 e. The van der Waals surface area contributed by atoms with Crippen molar-refractivity contribution in [3.63, 3.8) is 0 Å². The number of nitrogens with zero attached hydrogens (tertiary/aromatic N) is 2. The minimum atomic E-state index is -0.171. The van der Waals surface area contributed by atoms with Gasteiger partial charge in [-0.1, -0.05) is 24.3 Å². The Kier molecular flexibility index (Phi) is 5.57. The highest BCUT2D eigenvalue weighted by Gasteiger charge is 2.41. The van der Waals surface area contributed by atoms with Crippen LogP contribution >= 0.6 is 12.2 Å². The van der Waals surface area contributed by atoms with Gasteiger partial charge < -0.3 is 20.0 Å². The number of aromatic nitrogens is 1. The van der Waals surface area contributed by atoms with Crippen molar-refractivity contribution in [1.82, 2.24) is 15.2 Å². The third kappa shape index (κ3) is 4.30. The Balaban J connectivity index is 1.52. The van der Waals surface area contributed by atoms with E-state index in [0.29, 0.717) is 18.1 Å². The lowest BCUT2D eigenvalue weighted by Crippen LogP contribution is -2.32. The van der Waals surface area contributed by atoms with E-state index in [0.717, 1.165) is 22.9 Å². The molecule has 2 atom stereocenters. The fourth-order valence-corrected chi connectivity index (χ4v) is 3.87. The van der Waals surface area contributed by atoms with Crippen molar-refractivity contribution >= 4 is 28.9 Å². The maximum absolute atomic E-state index is 12.4. The SMILES string of the molecule is Cc1ccc([C@@H]2[C@H](c3ccccn3)NC(=S)N2CCC(=O)Nc2ccccc2)o1. The summed E-state index contributed by atoms with van der Waals surface area (Å²) in [6.45, 7) is 2.38. The second-order valence-corrected chi connectivity index (χ2v) is 7.32. The van der Waals surface area contributed by atoms with E-state index in [-0.39, 0.29) is 18.0 Å². The van der Waals surface area contributed by atoms with Crippen LogP contribution in [0.4, 0.5) is 5.69 Å². The van der Waals surface area contributed by atoms with Gasteiger partial charge in [-0.05, 0) is 55.5 Å². The fourth-order valence-electron chi connectivity index (χ4n) is 3.53. The molecule has 6 nitrogen and oxygen atoms in total. The van der Waals surface area contributed by atoms with E-state index in [1.807, 2.05) is 72.5 Å². The average molecular weight is 407 g/mol. The lowest BCUT2D eigenvalue weighted by atomic mass is 10.0. The van der Waals surface area contributed by atoms with Crippen LogP contribution in [-0.2, 0) is 4.79 Å². The summed E-state index contributed by atoms with van der Waals surface area (Å²) < 4.78 is 5.93. The van der Waals surface area contributed by atoms with Gasteiger partial charge in [-0.2, -0.15) is 0 Å². The van der Waals surface area contributed by atoms with Gasteiger partial charge in [0, 0.05) is 24.8 Å². The van der Waals surface area contributed by atoms with Crippen LogP contribution in [0.1, 0.15) is 35.7 Å². The maximum atomic E-state index is 12.4. The fraction of sp³-hybridized carbons (Fsp3) is 0.227. The number of pyridine rings is 1. The van der Waals surface area contributed by atoms with E-state index < -0.39 is 0 Å². The third-order valence-corrected chi connectivity index (χ3v) is 5.24. The number of carbonyl (C=O) groups is 1. The molecule has 0 bridgehead atoms. The molecule has 29 heavy (non-hydrogen) atoms. The van der Waals surface area contributed by atoms with Crippen LogP contribution in [0.2, 0.25) is 0 Å². The van der Waals surface area contributed by atoms with E-state index >= 15 is 0 Å². The number of hydrogen-bond donors (Lipinski definition) is 2. The number of rotatable bonds is 6. The van der Waals surface area contributed by atoms with E-state index in [1.165, 1.54) is 0 Å². The summed E-state index contributed by atoms with van der Waals surface area (Å²) in [5.74, 6) is 1.57. The Hall–Kier alpha value is -3.19. The Bertz CT molecular complexity index is 990. The van der Waals surface area contributed by atoms with Crippen molar-refractivity contribution in [1.29, 1.82) is 0 Å². The molecule has 2 N–H and O–H groups in total. The smallest absolute Gasteiger partial charge is 0.226 e. The first kappa shape index (κ1) is 19.1. The molecule has 0 aliphatic carbocycles. The van der Waals surface area contributed by atoms with Crippen LogP contribution in [0, 0.1) is 6.92 Å². The summed E-state index contributed by atoms with van der Waals surface area (Å²) in [7, 11) is 0. The van der Waals surface area contributed by atoms with Crippen molar-refractivity contribution in [2.24, 2.45) is 0 Å². The van der Waals surface area contributed by atoms with Gasteiger partial charge in [0.15, 0.2) is 5.11 Å². The van der Waals surface area contributed by atoms with Crippen LogP contribution in [0.25, 0.3) is 0 Å². The summed E-state index contributed by atoms with van der Waals surface area (Å²) >= 11 is 5.60. The van der Waals surface area contributed by atoms with Gasteiger partial charge in [-0.25, -0.2) is 0 Å². The van der Waals surface area contributed by atoms with Crippen LogP contribution in [0.15, 0.2) is 71.3 Å². The van der Waals surface area contributed by atoms with Gasteiger partial charge in [0.2, 0.25) is 5.91 Å². The molecule has 148 valence electrons. The highest BCUT2D eigenvalue weighted by molar-refractivity contribution is 7.80. The van der Waals surface area contributed by atoms with Gasteiger partial charge in [-0.3, -0.25) is 9.78 Å². The maximum Gasteiger partial charge on any atom is 0.226 e. The molecular formula is C22H22N4O2S. The van der Waals surface area contributed by atoms with Crippen LogP contribution in [0.5, 0.6) is 0 Å². The monoisotopic (exact) mass is 406 g/mol.